The zero-order valence-electron chi connectivity index (χ0n) is 15.8. The van der Waals surface area contributed by atoms with Crippen LogP contribution in [0.4, 0.5) is 5.95 Å². The van der Waals surface area contributed by atoms with Crippen LogP contribution in [0.2, 0.25) is 0 Å². The molecular formula is C19H31N5O2. The Bertz CT molecular complexity index is 581. The lowest BCUT2D eigenvalue weighted by Crippen LogP contribution is -2.39. The van der Waals surface area contributed by atoms with Crippen LogP contribution in [0.25, 0.3) is 0 Å². The predicted molar refractivity (Wildman–Crippen MR) is 101 cm³/mol. The Morgan fingerprint density at radius 1 is 1.19 bits per heavy atom. The molecule has 0 unspecified atom stereocenters. The molecule has 2 fully saturated rings. The largest absolute Gasteiger partial charge is 0.379 e. The second-order valence-corrected chi connectivity index (χ2v) is 7.26. The van der Waals surface area contributed by atoms with E-state index < -0.39 is 0 Å². The van der Waals surface area contributed by atoms with Crippen LogP contribution >= 0.6 is 0 Å². The fourth-order valence-corrected chi connectivity index (χ4v) is 3.60. The van der Waals surface area contributed by atoms with Crippen LogP contribution in [-0.4, -0.2) is 66.2 Å². The Balaban J connectivity index is 1.53. The summed E-state index contributed by atoms with van der Waals surface area (Å²) in [6.07, 6.45) is 7.08. The van der Waals surface area contributed by atoms with E-state index in [9.17, 15) is 4.79 Å². The summed E-state index contributed by atoms with van der Waals surface area (Å²) in [5.41, 5.74) is 1.26. The van der Waals surface area contributed by atoms with E-state index in [2.05, 4.69) is 25.5 Å². The van der Waals surface area contributed by atoms with Crippen molar-refractivity contribution in [3.05, 3.63) is 17.5 Å². The van der Waals surface area contributed by atoms with E-state index in [0.29, 0.717) is 11.6 Å². The van der Waals surface area contributed by atoms with Crippen molar-refractivity contribution in [2.75, 3.05) is 44.7 Å². The number of rotatable bonds is 6. The first kappa shape index (κ1) is 19.0. The van der Waals surface area contributed by atoms with E-state index >= 15 is 0 Å². The fourth-order valence-electron chi connectivity index (χ4n) is 3.60. The van der Waals surface area contributed by atoms with Crippen molar-refractivity contribution in [1.82, 2.24) is 20.2 Å². The molecule has 2 heterocycles. The Labute approximate surface area is 155 Å². The number of carbonyl (C=O) groups is 1. The van der Waals surface area contributed by atoms with Gasteiger partial charge in [0, 0.05) is 37.9 Å². The Morgan fingerprint density at radius 2 is 1.92 bits per heavy atom. The van der Waals surface area contributed by atoms with Gasteiger partial charge in [-0.2, -0.15) is 0 Å². The fraction of sp³-hybridized carbons (Fsp3) is 0.737. The van der Waals surface area contributed by atoms with Gasteiger partial charge in [0.2, 0.25) is 5.95 Å². The van der Waals surface area contributed by atoms with Crippen LogP contribution in [0.15, 0.2) is 6.07 Å². The van der Waals surface area contributed by atoms with Crippen molar-refractivity contribution in [3.63, 3.8) is 0 Å². The van der Waals surface area contributed by atoms with Crippen LogP contribution in [0.5, 0.6) is 0 Å². The van der Waals surface area contributed by atoms with E-state index in [1.807, 2.05) is 6.92 Å². The van der Waals surface area contributed by atoms with Gasteiger partial charge in [0.1, 0.15) is 5.69 Å². The number of hydrogen-bond acceptors (Lipinski definition) is 6. The molecule has 7 heteroatoms. The molecule has 144 valence electrons. The highest BCUT2D eigenvalue weighted by atomic mass is 16.5. The number of aromatic nitrogens is 2. The van der Waals surface area contributed by atoms with Gasteiger partial charge in [-0.05, 0) is 25.8 Å². The molecule has 0 bridgehead atoms. The third kappa shape index (κ3) is 5.92. The molecule has 0 aromatic carbocycles. The van der Waals surface area contributed by atoms with Crippen LogP contribution in [-0.2, 0) is 4.74 Å². The molecular weight excluding hydrogens is 330 g/mol. The van der Waals surface area contributed by atoms with Gasteiger partial charge >= 0.3 is 0 Å². The number of carbonyl (C=O) groups excluding carboxylic acids is 1. The SMILES string of the molecule is Cc1cc(C(=O)NC2CCCCCC2)nc(NCCN2CCOCC2)n1. The molecule has 3 rings (SSSR count). The van der Waals surface area contributed by atoms with Crippen LogP contribution in [0.3, 0.4) is 0 Å². The van der Waals surface area contributed by atoms with E-state index in [1.54, 1.807) is 6.07 Å². The van der Waals surface area contributed by atoms with Gasteiger partial charge in [-0.15, -0.1) is 0 Å². The van der Waals surface area contributed by atoms with Crippen LogP contribution in [0, 0.1) is 6.92 Å². The summed E-state index contributed by atoms with van der Waals surface area (Å²) < 4.78 is 5.36. The molecule has 1 saturated carbocycles. The lowest BCUT2D eigenvalue weighted by atomic mass is 10.1. The summed E-state index contributed by atoms with van der Waals surface area (Å²) in [4.78, 5) is 23.8. The minimum atomic E-state index is -0.0846. The molecule has 1 aromatic heterocycles. The summed E-state index contributed by atoms with van der Waals surface area (Å²) >= 11 is 0. The number of nitrogens with zero attached hydrogens (tertiary/aromatic N) is 3. The molecule has 0 spiro atoms. The quantitative estimate of drug-likeness (QED) is 0.755. The van der Waals surface area contributed by atoms with Crippen LogP contribution in [0.1, 0.15) is 54.7 Å². The Kier molecular flexibility index (Phi) is 7.20. The van der Waals surface area contributed by atoms with Crippen molar-refractivity contribution >= 4 is 11.9 Å². The molecule has 26 heavy (non-hydrogen) atoms. The maximum Gasteiger partial charge on any atom is 0.270 e. The molecule has 0 radical (unpaired) electrons. The number of ether oxygens (including phenoxy) is 1. The van der Waals surface area contributed by atoms with Gasteiger partial charge in [0.25, 0.3) is 5.91 Å². The molecule has 1 amide bonds. The summed E-state index contributed by atoms with van der Waals surface area (Å²) in [6, 6.07) is 2.04. The lowest BCUT2D eigenvalue weighted by Gasteiger charge is -2.26. The van der Waals surface area contributed by atoms with Crippen molar-refractivity contribution in [2.45, 2.75) is 51.5 Å². The van der Waals surface area contributed by atoms with E-state index in [4.69, 9.17) is 4.74 Å². The second-order valence-electron chi connectivity index (χ2n) is 7.26. The first-order valence-electron chi connectivity index (χ1n) is 9.91. The second kappa shape index (κ2) is 9.83. The Morgan fingerprint density at radius 3 is 2.65 bits per heavy atom. The van der Waals surface area contributed by atoms with Crippen molar-refractivity contribution < 1.29 is 9.53 Å². The smallest absolute Gasteiger partial charge is 0.270 e. The summed E-state index contributed by atoms with van der Waals surface area (Å²) in [5, 5.41) is 6.42. The molecule has 1 aliphatic heterocycles. The number of morpholine rings is 1. The summed E-state index contributed by atoms with van der Waals surface area (Å²) in [7, 11) is 0. The predicted octanol–water partition coefficient (Wildman–Crippen LogP) is 1.98. The molecule has 1 aliphatic carbocycles. The van der Waals surface area contributed by atoms with Gasteiger partial charge in [-0.1, -0.05) is 25.7 Å². The monoisotopic (exact) mass is 361 g/mol. The first-order chi connectivity index (χ1) is 12.7. The van der Waals surface area contributed by atoms with Crippen LogP contribution < -0.4 is 10.6 Å². The third-order valence-corrected chi connectivity index (χ3v) is 5.09. The van der Waals surface area contributed by atoms with E-state index in [-0.39, 0.29) is 11.9 Å². The minimum absolute atomic E-state index is 0.0846. The number of anilines is 1. The van der Waals surface area contributed by atoms with Crippen molar-refractivity contribution in [1.29, 1.82) is 0 Å². The number of aryl methyl sites for hydroxylation is 1. The standard InChI is InChI=1S/C19H31N5O2/c1-15-14-17(18(25)22-16-6-4-2-3-5-7-16)23-19(21-15)20-8-9-24-10-12-26-13-11-24/h14,16H,2-13H2,1H3,(H,22,25)(H,20,21,23). The lowest BCUT2D eigenvalue weighted by molar-refractivity contribution is 0.0398. The molecule has 2 N–H and O–H groups in total. The average Bonchev–Trinajstić information content (AvgIpc) is 2.91. The summed E-state index contributed by atoms with van der Waals surface area (Å²) in [5.74, 6) is 0.447. The van der Waals surface area contributed by atoms with Gasteiger partial charge in [-0.25, -0.2) is 9.97 Å². The number of amides is 1. The molecule has 1 saturated heterocycles. The third-order valence-electron chi connectivity index (χ3n) is 5.09. The highest BCUT2D eigenvalue weighted by Crippen LogP contribution is 2.17. The van der Waals surface area contributed by atoms with Gasteiger partial charge < -0.3 is 15.4 Å². The zero-order chi connectivity index (χ0) is 18.2. The maximum absolute atomic E-state index is 12.6. The van der Waals surface area contributed by atoms with E-state index in [1.165, 1.54) is 25.7 Å². The molecule has 7 nitrogen and oxygen atoms in total. The zero-order valence-corrected chi connectivity index (χ0v) is 15.8. The minimum Gasteiger partial charge on any atom is -0.379 e. The number of nitrogens with one attached hydrogen (secondary N) is 2. The number of hydrogen-bond donors (Lipinski definition) is 2. The van der Waals surface area contributed by atoms with Crippen molar-refractivity contribution in [3.8, 4) is 0 Å². The highest BCUT2D eigenvalue weighted by molar-refractivity contribution is 5.92. The normalized spacial score (nSPS) is 19.7. The maximum atomic E-state index is 12.6. The first-order valence-corrected chi connectivity index (χ1v) is 9.91. The topological polar surface area (TPSA) is 79.4 Å². The molecule has 2 aliphatic rings. The van der Waals surface area contributed by atoms with E-state index in [0.717, 1.165) is 57.9 Å². The van der Waals surface area contributed by atoms with Gasteiger partial charge in [0.15, 0.2) is 0 Å². The Hall–Kier alpha value is -1.73. The summed E-state index contributed by atoms with van der Waals surface area (Å²) in [6.45, 7) is 7.10. The molecule has 1 aromatic rings. The highest BCUT2D eigenvalue weighted by Gasteiger charge is 2.18. The molecule has 0 atom stereocenters. The van der Waals surface area contributed by atoms with Gasteiger partial charge in [-0.3, -0.25) is 9.69 Å². The van der Waals surface area contributed by atoms with Gasteiger partial charge in [0.05, 0.1) is 13.2 Å². The van der Waals surface area contributed by atoms with Crippen molar-refractivity contribution in [2.24, 2.45) is 0 Å². The average molecular weight is 361 g/mol.